The van der Waals surface area contributed by atoms with Crippen molar-refractivity contribution in [3.63, 3.8) is 0 Å². The van der Waals surface area contributed by atoms with Crippen molar-refractivity contribution in [2.75, 3.05) is 11.5 Å². The van der Waals surface area contributed by atoms with Crippen LogP contribution in [0.2, 0.25) is 0 Å². The number of pyridine rings is 1. The molecule has 1 atom stereocenters. The van der Waals surface area contributed by atoms with Crippen molar-refractivity contribution in [3.05, 3.63) is 41.6 Å². The lowest BCUT2D eigenvalue weighted by Gasteiger charge is -2.12. The Labute approximate surface area is 157 Å². The third-order valence-electron chi connectivity index (χ3n) is 5.09. The number of fused-ring (bicyclic) bond motifs is 1. The normalized spacial score (nSPS) is 21.1. The van der Waals surface area contributed by atoms with Crippen LogP contribution in [0.25, 0.3) is 10.9 Å². The minimum atomic E-state index is -3.02. The van der Waals surface area contributed by atoms with Crippen LogP contribution < -0.4 is 10.9 Å². The SMILES string of the molecule is O=C(C[C@@H]1CCS(=O)(=O)C1)NNC(=O)c1cc(C2CC2)nc2ccccc12. The molecular weight excluding hydrogens is 366 g/mol. The molecule has 0 spiro atoms. The van der Waals surface area contributed by atoms with E-state index >= 15 is 0 Å². The van der Waals surface area contributed by atoms with E-state index in [2.05, 4.69) is 15.8 Å². The summed E-state index contributed by atoms with van der Waals surface area (Å²) < 4.78 is 23.0. The van der Waals surface area contributed by atoms with Gasteiger partial charge in [-0.3, -0.25) is 25.4 Å². The molecule has 7 nitrogen and oxygen atoms in total. The first-order chi connectivity index (χ1) is 12.9. The lowest BCUT2D eigenvalue weighted by Crippen LogP contribution is -2.42. The van der Waals surface area contributed by atoms with Crippen molar-refractivity contribution >= 4 is 32.6 Å². The molecule has 1 aliphatic heterocycles. The molecule has 1 saturated carbocycles. The van der Waals surface area contributed by atoms with Crippen LogP contribution in [0.15, 0.2) is 30.3 Å². The van der Waals surface area contributed by atoms with Crippen molar-refractivity contribution in [2.24, 2.45) is 5.92 Å². The van der Waals surface area contributed by atoms with Crippen LogP contribution in [0.3, 0.4) is 0 Å². The number of nitrogens with zero attached hydrogens (tertiary/aromatic N) is 1. The molecule has 1 aromatic carbocycles. The van der Waals surface area contributed by atoms with Crippen LogP contribution in [0, 0.1) is 5.92 Å². The maximum Gasteiger partial charge on any atom is 0.270 e. The largest absolute Gasteiger partial charge is 0.273 e. The zero-order valence-electron chi connectivity index (χ0n) is 14.8. The predicted octanol–water partition coefficient (Wildman–Crippen LogP) is 1.70. The molecule has 142 valence electrons. The topological polar surface area (TPSA) is 105 Å². The van der Waals surface area contributed by atoms with E-state index in [4.69, 9.17) is 0 Å². The van der Waals surface area contributed by atoms with E-state index in [9.17, 15) is 18.0 Å². The molecule has 1 aromatic heterocycles. The Hall–Kier alpha value is -2.48. The number of sulfone groups is 1. The number of para-hydroxylation sites is 1. The van der Waals surface area contributed by atoms with Gasteiger partial charge in [-0.05, 0) is 37.3 Å². The lowest BCUT2D eigenvalue weighted by molar-refractivity contribution is -0.122. The Morgan fingerprint density at radius 1 is 1.11 bits per heavy atom. The van der Waals surface area contributed by atoms with E-state index in [0.717, 1.165) is 29.4 Å². The molecule has 2 N–H and O–H groups in total. The first kappa shape index (κ1) is 17.9. The highest BCUT2D eigenvalue weighted by molar-refractivity contribution is 7.91. The van der Waals surface area contributed by atoms with Gasteiger partial charge in [0.05, 0.1) is 22.6 Å². The third kappa shape index (κ3) is 4.10. The molecule has 1 saturated heterocycles. The van der Waals surface area contributed by atoms with E-state index in [1.807, 2.05) is 24.3 Å². The number of nitrogens with one attached hydrogen (secondary N) is 2. The maximum absolute atomic E-state index is 12.6. The number of benzene rings is 1. The van der Waals surface area contributed by atoms with Crippen LogP contribution in [0.5, 0.6) is 0 Å². The fraction of sp³-hybridized carbons (Fsp3) is 0.421. The number of amides is 2. The molecule has 0 radical (unpaired) electrons. The zero-order chi connectivity index (χ0) is 19.0. The molecular formula is C19H21N3O4S. The summed E-state index contributed by atoms with van der Waals surface area (Å²) >= 11 is 0. The van der Waals surface area contributed by atoms with E-state index in [1.165, 1.54) is 0 Å². The van der Waals surface area contributed by atoms with Crippen LogP contribution in [-0.2, 0) is 14.6 Å². The van der Waals surface area contributed by atoms with E-state index in [0.29, 0.717) is 17.9 Å². The van der Waals surface area contributed by atoms with Gasteiger partial charge >= 0.3 is 0 Å². The Morgan fingerprint density at radius 2 is 1.89 bits per heavy atom. The van der Waals surface area contributed by atoms with Crippen molar-refractivity contribution in [1.29, 1.82) is 0 Å². The van der Waals surface area contributed by atoms with Gasteiger partial charge in [0.25, 0.3) is 5.91 Å². The summed E-state index contributed by atoms with van der Waals surface area (Å²) in [7, 11) is -3.02. The average molecular weight is 387 g/mol. The first-order valence-corrected chi connectivity index (χ1v) is 10.9. The molecule has 27 heavy (non-hydrogen) atoms. The summed E-state index contributed by atoms with van der Waals surface area (Å²) in [5, 5.41) is 0.732. The van der Waals surface area contributed by atoms with Gasteiger partial charge in [0.2, 0.25) is 5.91 Å². The average Bonchev–Trinajstić information content (AvgIpc) is 3.43. The van der Waals surface area contributed by atoms with E-state index in [1.54, 1.807) is 6.07 Å². The molecule has 2 amide bonds. The van der Waals surface area contributed by atoms with Gasteiger partial charge in [-0.2, -0.15) is 0 Å². The molecule has 1 aliphatic carbocycles. The maximum atomic E-state index is 12.6. The van der Waals surface area contributed by atoms with Crippen LogP contribution in [0.1, 0.15) is 47.7 Å². The highest BCUT2D eigenvalue weighted by Crippen LogP contribution is 2.40. The van der Waals surface area contributed by atoms with Gasteiger partial charge < -0.3 is 0 Å². The highest BCUT2D eigenvalue weighted by Gasteiger charge is 2.30. The van der Waals surface area contributed by atoms with Crippen molar-refractivity contribution in [1.82, 2.24) is 15.8 Å². The van der Waals surface area contributed by atoms with Gasteiger partial charge in [0.1, 0.15) is 0 Å². The van der Waals surface area contributed by atoms with Crippen molar-refractivity contribution < 1.29 is 18.0 Å². The number of carbonyl (C=O) groups is 2. The smallest absolute Gasteiger partial charge is 0.270 e. The van der Waals surface area contributed by atoms with Crippen LogP contribution >= 0.6 is 0 Å². The van der Waals surface area contributed by atoms with Crippen LogP contribution in [-0.4, -0.2) is 36.7 Å². The molecule has 2 fully saturated rings. The molecule has 2 aromatic rings. The number of carbonyl (C=O) groups excluding carboxylic acids is 2. The summed E-state index contributed by atoms with van der Waals surface area (Å²) in [6.45, 7) is 0. The van der Waals surface area contributed by atoms with Gasteiger partial charge in [0.15, 0.2) is 9.84 Å². The second-order valence-electron chi connectivity index (χ2n) is 7.36. The quantitative estimate of drug-likeness (QED) is 0.777. The number of hydrogen-bond acceptors (Lipinski definition) is 5. The Morgan fingerprint density at radius 3 is 2.59 bits per heavy atom. The summed E-state index contributed by atoms with van der Waals surface area (Å²) in [6.07, 6.45) is 2.73. The van der Waals surface area contributed by atoms with Gasteiger partial charge in [-0.1, -0.05) is 18.2 Å². The Kier molecular flexibility index (Phi) is 4.59. The number of aromatic nitrogens is 1. The molecule has 2 heterocycles. The van der Waals surface area contributed by atoms with Gasteiger partial charge in [-0.25, -0.2) is 8.42 Å². The predicted molar refractivity (Wildman–Crippen MR) is 101 cm³/mol. The lowest BCUT2D eigenvalue weighted by atomic mass is 10.1. The summed E-state index contributed by atoms with van der Waals surface area (Å²) in [5.74, 6) is -0.400. The van der Waals surface area contributed by atoms with E-state index < -0.39 is 15.7 Å². The first-order valence-electron chi connectivity index (χ1n) is 9.10. The Balaban J connectivity index is 1.44. The molecule has 2 aliphatic rings. The summed E-state index contributed by atoms with van der Waals surface area (Å²) in [6, 6.07) is 9.23. The molecule has 0 unspecified atom stereocenters. The van der Waals surface area contributed by atoms with Gasteiger partial charge in [0, 0.05) is 23.4 Å². The van der Waals surface area contributed by atoms with Crippen molar-refractivity contribution in [3.8, 4) is 0 Å². The third-order valence-corrected chi connectivity index (χ3v) is 6.93. The summed E-state index contributed by atoms with van der Waals surface area (Å²) in [5.41, 5.74) is 7.01. The Bertz CT molecular complexity index is 1010. The molecule has 8 heteroatoms. The second-order valence-corrected chi connectivity index (χ2v) is 9.59. The fourth-order valence-electron chi connectivity index (χ4n) is 3.51. The minimum Gasteiger partial charge on any atom is -0.273 e. The highest BCUT2D eigenvalue weighted by atomic mass is 32.2. The number of hydrazine groups is 1. The zero-order valence-corrected chi connectivity index (χ0v) is 15.6. The second kappa shape index (κ2) is 6.92. The fourth-order valence-corrected chi connectivity index (χ4v) is 5.37. The number of rotatable bonds is 4. The number of hydrogen-bond donors (Lipinski definition) is 2. The van der Waals surface area contributed by atoms with Gasteiger partial charge in [-0.15, -0.1) is 0 Å². The standard InChI is InChI=1S/C19H21N3O4S/c23-18(9-12-7-8-27(25,26)11-12)21-22-19(24)15-10-17(13-5-6-13)20-16-4-2-1-3-14(15)16/h1-4,10,12-13H,5-9,11H2,(H,21,23)(H,22,24)/t12-/m0/s1. The molecule has 4 rings (SSSR count). The summed E-state index contributed by atoms with van der Waals surface area (Å²) in [4.78, 5) is 29.3. The van der Waals surface area contributed by atoms with Crippen LogP contribution in [0.4, 0.5) is 0 Å². The minimum absolute atomic E-state index is 0.0358. The van der Waals surface area contributed by atoms with Crippen molar-refractivity contribution in [2.45, 2.75) is 31.6 Å². The monoisotopic (exact) mass is 387 g/mol. The molecule has 0 bridgehead atoms. The van der Waals surface area contributed by atoms with E-state index in [-0.39, 0.29) is 29.8 Å².